The van der Waals surface area contributed by atoms with E-state index in [9.17, 15) is 13.2 Å². The van der Waals surface area contributed by atoms with Gasteiger partial charge in [0.05, 0.1) is 10.6 Å². The van der Waals surface area contributed by atoms with E-state index in [2.05, 4.69) is 10.2 Å². The summed E-state index contributed by atoms with van der Waals surface area (Å²) in [6.45, 7) is 1.17. The maximum absolute atomic E-state index is 12.4. The predicted molar refractivity (Wildman–Crippen MR) is 91.8 cm³/mol. The second kappa shape index (κ2) is 7.53. The smallest absolute Gasteiger partial charge is 0.336 e. The number of benzene rings is 1. The number of hydrogen-bond donors (Lipinski definition) is 0. The van der Waals surface area contributed by atoms with E-state index < -0.39 is 26.7 Å². The summed E-state index contributed by atoms with van der Waals surface area (Å²) in [6, 6.07) is 6.74. The van der Waals surface area contributed by atoms with Gasteiger partial charge in [-0.15, -0.1) is 5.10 Å². The molecule has 3 rings (SSSR count). The molecular weight excluding hydrogens is 366 g/mol. The lowest BCUT2D eigenvalue weighted by Gasteiger charge is -2.19. The highest BCUT2D eigenvalue weighted by Crippen LogP contribution is 2.27. The topological polar surface area (TPSA) is 93.4 Å². The van der Waals surface area contributed by atoms with Crippen LogP contribution in [0.2, 0.25) is 5.02 Å². The first-order valence-electron chi connectivity index (χ1n) is 8.06. The Labute approximate surface area is 150 Å². The molecule has 1 aliphatic heterocycles. The average molecular weight is 384 g/mol. The van der Waals surface area contributed by atoms with E-state index in [0.29, 0.717) is 23.7 Å². The van der Waals surface area contributed by atoms with Crippen molar-refractivity contribution in [3.63, 3.8) is 0 Å². The first-order chi connectivity index (χ1) is 12.0. The number of aromatic nitrogens is 2. The Bertz CT molecular complexity index is 858. The molecule has 1 aromatic heterocycles. The lowest BCUT2D eigenvalue weighted by molar-refractivity contribution is -0.128. The number of likely N-dealkylation sites (tertiary alicyclic amines) is 1. The van der Waals surface area contributed by atoms with Gasteiger partial charge in [0.25, 0.3) is 0 Å². The lowest BCUT2D eigenvalue weighted by Crippen LogP contribution is -2.36. The van der Waals surface area contributed by atoms with Crippen LogP contribution < -0.4 is 0 Å². The van der Waals surface area contributed by atoms with Crippen LogP contribution in [0, 0.1) is 0 Å². The fourth-order valence-corrected chi connectivity index (χ4v) is 3.93. The first-order valence-corrected chi connectivity index (χ1v) is 10.1. The van der Waals surface area contributed by atoms with Crippen LogP contribution in [0.15, 0.2) is 33.9 Å². The molecule has 2 aromatic rings. The fraction of sp³-hybridized carbons (Fsp3) is 0.438. The molecule has 0 bridgehead atoms. The van der Waals surface area contributed by atoms with Crippen molar-refractivity contribution in [2.45, 2.75) is 30.9 Å². The molecule has 1 amide bonds. The van der Waals surface area contributed by atoms with E-state index in [4.69, 9.17) is 16.0 Å². The third-order valence-corrected chi connectivity index (χ3v) is 5.70. The molecule has 134 valence electrons. The Morgan fingerprint density at radius 3 is 2.48 bits per heavy atom. The number of sulfone groups is 1. The van der Waals surface area contributed by atoms with Gasteiger partial charge in [-0.1, -0.05) is 41.7 Å². The van der Waals surface area contributed by atoms with Crippen LogP contribution in [-0.4, -0.2) is 48.3 Å². The maximum Gasteiger partial charge on any atom is 0.336 e. The second-order valence-corrected chi connectivity index (χ2v) is 8.18. The standard InChI is InChI=1S/C16H18ClN3O4S/c17-13-8-4-3-7-12(13)15-18-19-16(24-15)25(22,23)11-14(21)20-9-5-1-2-6-10-20/h3-4,7-8H,1-2,5-6,9-11H2. The maximum atomic E-state index is 12.4. The molecule has 25 heavy (non-hydrogen) atoms. The normalized spacial score (nSPS) is 15.8. The Morgan fingerprint density at radius 2 is 1.80 bits per heavy atom. The van der Waals surface area contributed by atoms with E-state index in [0.717, 1.165) is 25.7 Å². The monoisotopic (exact) mass is 383 g/mol. The first kappa shape index (κ1) is 17.9. The van der Waals surface area contributed by atoms with Crippen molar-refractivity contribution in [2.75, 3.05) is 18.8 Å². The van der Waals surface area contributed by atoms with Crippen LogP contribution in [0.5, 0.6) is 0 Å². The van der Waals surface area contributed by atoms with Crippen molar-refractivity contribution in [2.24, 2.45) is 0 Å². The lowest BCUT2D eigenvalue weighted by atomic mass is 10.2. The van der Waals surface area contributed by atoms with Gasteiger partial charge in [-0.25, -0.2) is 8.42 Å². The van der Waals surface area contributed by atoms with Crippen LogP contribution in [0.4, 0.5) is 0 Å². The number of amides is 1. The number of carbonyl (C=O) groups excluding carboxylic acids is 1. The molecule has 1 saturated heterocycles. The van der Waals surface area contributed by atoms with E-state index in [-0.39, 0.29) is 5.89 Å². The summed E-state index contributed by atoms with van der Waals surface area (Å²) < 4.78 is 30.1. The molecule has 1 aliphatic rings. The van der Waals surface area contributed by atoms with Gasteiger partial charge in [0.2, 0.25) is 21.6 Å². The van der Waals surface area contributed by atoms with Crippen molar-refractivity contribution < 1.29 is 17.6 Å². The Morgan fingerprint density at radius 1 is 1.12 bits per heavy atom. The Hall–Kier alpha value is -1.93. The summed E-state index contributed by atoms with van der Waals surface area (Å²) in [5, 5.41) is 7.14. The van der Waals surface area contributed by atoms with E-state index in [1.165, 1.54) is 0 Å². The minimum Gasteiger partial charge on any atom is -0.408 e. The van der Waals surface area contributed by atoms with Crippen molar-refractivity contribution in [3.05, 3.63) is 29.3 Å². The van der Waals surface area contributed by atoms with Crippen molar-refractivity contribution in [3.8, 4) is 11.5 Å². The van der Waals surface area contributed by atoms with E-state index in [1.807, 2.05) is 0 Å². The quantitative estimate of drug-likeness (QED) is 0.805. The molecule has 0 atom stereocenters. The van der Waals surface area contributed by atoms with Crippen molar-refractivity contribution in [1.82, 2.24) is 15.1 Å². The SMILES string of the molecule is O=C(CS(=O)(=O)c1nnc(-c2ccccc2Cl)o1)N1CCCCCC1. The zero-order valence-electron chi connectivity index (χ0n) is 13.5. The highest BCUT2D eigenvalue weighted by Gasteiger charge is 2.29. The fourth-order valence-electron chi connectivity index (χ4n) is 2.71. The van der Waals surface area contributed by atoms with Gasteiger partial charge >= 0.3 is 5.22 Å². The minimum absolute atomic E-state index is 0.00592. The molecule has 0 N–H and O–H groups in total. The van der Waals surface area contributed by atoms with Crippen LogP contribution >= 0.6 is 11.6 Å². The second-order valence-electron chi connectivity index (χ2n) is 5.91. The summed E-state index contributed by atoms with van der Waals surface area (Å²) in [4.78, 5) is 13.9. The van der Waals surface area contributed by atoms with Gasteiger partial charge in [-0.3, -0.25) is 4.79 Å². The van der Waals surface area contributed by atoms with Gasteiger partial charge in [0, 0.05) is 13.1 Å². The molecule has 1 aromatic carbocycles. The number of halogens is 1. The predicted octanol–water partition coefficient (Wildman–Crippen LogP) is 2.57. The zero-order valence-corrected chi connectivity index (χ0v) is 15.1. The highest BCUT2D eigenvalue weighted by atomic mass is 35.5. The van der Waals surface area contributed by atoms with Crippen LogP contribution in [0.3, 0.4) is 0 Å². The van der Waals surface area contributed by atoms with Crippen molar-refractivity contribution >= 4 is 27.3 Å². The van der Waals surface area contributed by atoms with Crippen LogP contribution in [0.1, 0.15) is 25.7 Å². The third kappa shape index (κ3) is 4.19. The van der Waals surface area contributed by atoms with Crippen molar-refractivity contribution in [1.29, 1.82) is 0 Å². The molecular formula is C16H18ClN3O4S. The molecule has 7 nitrogen and oxygen atoms in total. The number of rotatable bonds is 4. The highest BCUT2D eigenvalue weighted by molar-refractivity contribution is 7.91. The summed E-state index contributed by atoms with van der Waals surface area (Å²) in [6.07, 6.45) is 3.90. The van der Waals surface area contributed by atoms with Gasteiger partial charge in [0.1, 0.15) is 5.75 Å². The van der Waals surface area contributed by atoms with Gasteiger partial charge in [-0.05, 0) is 25.0 Å². The van der Waals surface area contributed by atoms with E-state index >= 15 is 0 Å². The van der Waals surface area contributed by atoms with Crippen LogP contribution in [0.25, 0.3) is 11.5 Å². The summed E-state index contributed by atoms with van der Waals surface area (Å²) in [5.74, 6) is -1.09. The summed E-state index contributed by atoms with van der Waals surface area (Å²) in [5.41, 5.74) is 0.442. The van der Waals surface area contributed by atoms with Crippen LogP contribution in [-0.2, 0) is 14.6 Å². The minimum atomic E-state index is -4.00. The van der Waals surface area contributed by atoms with Gasteiger partial charge in [0.15, 0.2) is 0 Å². The molecule has 2 heterocycles. The average Bonchev–Trinajstić information content (AvgIpc) is 2.91. The largest absolute Gasteiger partial charge is 0.408 e. The number of hydrogen-bond acceptors (Lipinski definition) is 6. The van der Waals surface area contributed by atoms with Gasteiger partial charge < -0.3 is 9.32 Å². The Balaban J connectivity index is 1.76. The molecule has 0 aliphatic carbocycles. The molecule has 0 radical (unpaired) electrons. The summed E-state index contributed by atoms with van der Waals surface area (Å²) >= 11 is 6.05. The molecule has 0 spiro atoms. The number of nitrogens with zero attached hydrogens (tertiary/aromatic N) is 3. The molecule has 0 unspecified atom stereocenters. The Kier molecular flexibility index (Phi) is 5.39. The third-order valence-electron chi connectivity index (χ3n) is 4.05. The molecule has 0 saturated carbocycles. The summed E-state index contributed by atoms with van der Waals surface area (Å²) in [7, 11) is -4.00. The molecule has 9 heteroatoms. The van der Waals surface area contributed by atoms with Gasteiger partial charge in [-0.2, -0.15) is 0 Å². The number of carbonyl (C=O) groups is 1. The molecule has 1 fully saturated rings. The zero-order chi connectivity index (χ0) is 17.9. The van der Waals surface area contributed by atoms with E-state index in [1.54, 1.807) is 29.2 Å².